The number of nitrogens with zero attached hydrogens (tertiary/aromatic N) is 1. The number of benzene rings is 3. The van der Waals surface area contributed by atoms with Gasteiger partial charge in [0.25, 0.3) is 5.91 Å². The van der Waals surface area contributed by atoms with E-state index in [1.54, 1.807) is 67.6 Å². The lowest BCUT2D eigenvalue weighted by atomic mass is 10.1. The van der Waals surface area contributed by atoms with Gasteiger partial charge in [-0.2, -0.15) is 0 Å². The van der Waals surface area contributed by atoms with E-state index in [0.717, 1.165) is 17.3 Å². The first-order valence-corrected chi connectivity index (χ1v) is 12.4. The first kappa shape index (κ1) is 26.2. The maximum Gasteiger partial charge on any atom is 0.344 e. The fourth-order valence-corrected chi connectivity index (χ4v) is 4.57. The van der Waals surface area contributed by atoms with Crippen molar-refractivity contribution in [3.05, 3.63) is 117 Å². The zero-order chi connectivity index (χ0) is 26.4. The molecule has 6 nitrogen and oxygen atoms in total. The van der Waals surface area contributed by atoms with Crippen LogP contribution in [-0.2, 0) is 16.1 Å². The second-order valence-electron chi connectivity index (χ2n) is 7.74. The van der Waals surface area contributed by atoms with Gasteiger partial charge in [0, 0.05) is 0 Å². The molecule has 188 valence electrons. The summed E-state index contributed by atoms with van der Waals surface area (Å²) < 4.78 is 23.9. The predicted octanol–water partition coefficient (Wildman–Crippen LogP) is 6.76. The van der Waals surface area contributed by atoms with E-state index >= 15 is 0 Å². The number of halogens is 2. The number of carbonyl (C=O) groups is 2. The molecule has 0 spiro atoms. The molecule has 3 aromatic rings. The van der Waals surface area contributed by atoms with E-state index in [1.165, 1.54) is 18.2 Å². The molecule has 1 amide bonds. The number of aliphatic imine (C=N–C) groups is 1. The van der Waals surface area contributed by atoms with Gasteiger partial charge in [0.2, 0.25) is 0 Å². The quantitative estimate of drug-likeness (QED) is 0.335. The Morgan fingerprint density at radius 3 is 2.43 bits per heavy atom. The third-order valence-electron chi connectivity index (χ3n) is 5.17. The van der Waals surface area contributed by atoms with Crippen LogP contribution in [0, 0.1) is 5.82 Å². The van der Waals surface area contributed by atoms with Gasteiger partial charge in [-0.1, -0.05) is 59.8 Å². The molecule has 9 heteroatoms. The highest BCUT2D eigenvalue weighted by atomic mass is 35.5. The monoisotopic (exact) mass is 537 g/mol. The normalized spacial score (nSPS) is 15.3. The van der Waals surface area contributed by atoms with Crippen molar-refractivity contribution in [3.63, 3.8) is 0 Å². The summed E-state index contributed by atoms with van der Waals surface area (Å²) >= 11 is 7.09. The largest absolute Gasteiger partial charge is 0.506 e. The molecule has 1 heterocycles. The van der Waals surface area contributed by atoms with Gasteiger partial charge in [0.1, 0.15) is 34.5 Å². The molecular formula is C28H21ClFNO5S. The molecule has 1 aliphatic rings. The maximum absolute atomic E-state index is 13.1. The van der Waals surface area contributed by atoms with Crippen LogP contribution in [0.1, 0.15) is 28.4 Å². The average molecular weight is 538 g/mol. The predicted molar refractivity (Wildman–Crippen MR) is 142 cm³/mol. The summed E-state index contributed by atoms with van der Waals surface area (Å²) in [6.45, 7) is 2.01. The molecule has 37 heavy (non-hydrogen) atoms. The van der Waals surface area contributed by atoms with Crippen LogP contribution in [0.4, 0.5) is 4.39 Å². The van der Waals surface area contributed by atoms with E-state index in [0.29, 0.717) is 16.2 Å². The van der Waals surface area contributed by atoms with Crippen LogP contribution < -0.4 is 4.74 Å². The molecule has 3 aromatic carbocycles. The minimum atomic E-state index is -0.786. The maximum atomic E-state index is 13.1. The number of aliphatic hydroxyl groups excluding tert-OH is 1. The zero-order valence-electron chi connectivity index (χ0n) is 19.6. The number of hydrogen-bond donors (Lipinski definition) is 1. The lowest BCUT2D eigenvalue weighted by molar-refractivity contribution is -0.138. The Balaban J connectivity index is 1.55. The number of ether oxygens (including phenoxy) is 2. The van der Waals surface area contributed by atoms with Crippen molar-refractivity contribution in [3.8, 4) is 5.75 Å². The summed E-state index contributed by atoms with van der Waals surface area (Å²) in [5.41, 5.74) is 1.53. The van der Waals surface area contributed by atoms with Crippen LogP contribution in [0.25, 0.3) is 6.08 Å². The topological polar surface area (TPSA) is 85.2 Å². The van der Waals surface area contributed by atoms with Gasteiger partial charge in [-0.3, -0.25) is 4.79 Å². The van der Waals surface area contributed by atoms with Crippen molar-refractivity contribution >= 4 is 46.4 Å². The van der Waals surface area contributed by atoms with E-state index in [9.17, 15) is 19.1 Å². The number of carbonyl (C=O) groups excluding carboxylic acids is 2. The third-order valence-corrected chi connectivity index (χ3v) is 6.52. The van der Waals surface area contributed by atoms with Gasteiger partial charge in [-0.25, -0.2) is 14.2 Å². The summed E-state index contributed by atoms with van der Waals surface area (Å²) in [5.74, 6) is -1.47. The van der Waals surface area contributed by atoms with Crippen LogP contribution in [-0.4, -0.2) is 28.6 Å². The van der Waals surface area contributed by atoms with Gasteiger partial charge in [0.15, 0.2) is 0 Å². The molecule has 0 saturated carbocycles. The standard InChI is InChI=1S/C28H21ClFNO5S/c1-2-35-28(34)24-25(32)23(37-27(24)31-26(33)21-5-3-4-6-22(21)29)15-17-9-13-20(14-10-17)36-16-18-7-11-19(30)12-8-18/h3-15,32H,2,16H2,1H3/b23-15-,31-27?. The molecular weight excluding hydrogens is 517 g/mol. The summed E-state index contributed by atoms with van der Waals surface area (Å²) in [4.78, 5) is 29.7. The van der Waals surface area contributed by atoms with Crippen molar-refractivity contribution in [1.82, 2.24) is 0 Å². The highest BCUT2D eigenvalue weighted by molar-refractivity contribution is 8.18. The smallest absolute Gasteiger partial charge is 0.344 e. The summed E-state index contributed by atoms with van der Waals surface area (Å²) in [7, 11) is 0. The minimum absolute atomic E-state index is 0.0198. The van der Waals surface area contributed by atoms with E-state index < -0.39 is 11.9 Å². The fraction of sp³-hybridized carbons (Fsp3) is 0.107. The van der Waals surface area contributed by atoms with E-state index in [4.69, 9.17) is 21.1 Å². The molecule has 0 bridgehead atoms. The fourth-order valence-electron chi connectivity index (χ4n) is 3.34. The Hall–Kier alpha value is -3.88. The summed E-state index contributed by atoms with van der Waals surface area (Å²) in [5, 5.41) is 11.1. The van der Waals surface area contributed by atoms with Gasteiger partial charge in [-0.15, -0.1) is 0 Å². The van der Waals surface area contributed by atoms with Crippen molar-refractivity contribution in [2.75, 3.05) is 6.61 Å². The Morgan fingerprint density at radius 1 is 1.05 bits per heavy atom. The highest BCUT2D eigenvalue weighted by Gasteiger charge is 2.34. The summed E-state index contributed by atoms with van der Waals surface area (Å²) in [6, 6.07) is 19.5. The van der Waals surface area contributed by atoms with Crippen LogP contribution in [0.5, 0.6) is 5.75 Å². The summed E-state index contributed by atoms with van der Waals surface area (Å²) in [6.07, 6.45) is 1.66. The second kappa shape index (κ2) is 11.9. The third kappa shape index (κ3) is 6.47. The number of rotatable bonds is 7. The molecule has 0 aromatic heterocycles. The van der Waals surface area contributed by atoms with E-state index in [-0.39, 0.29) is 46.0 Å². The number of hydrogen-bond acceptors (Lipinski definition) is 6. The van der Waals surface area contributed by atoms with E-state index in [1.807, 2.05) is 0 Å². The molecule has 1 aliphatic heterocycles. The molecule has 0 fully saturated rings. The van der Waals surface area contributed by atoms with Crippen molar-refractivity contribution in [1.29, 1.82) is 0 Å². The Morgan fingerprint density at radius 2 is 1.76 bits per heavy atom. The molecule has 0 unspecified atom stereocenters. The molecule has 1 N–H and O–H groups in total. The van der Waals surface area contributed by atoms with Crippen LogP contribution in [0.2, 0.25) is 5.02 Å². The van der Waals surface area contributed by atoms with Crippen molar-refractivity contribution in [2.45, 2.75) is 13.5 Å². The minimum Gasteiger partial charge on any atom is -0.506 e. The number of aliphatic hydroxyl groups is 1. The van der Waals surface area contributed by atoms with Crippen LogP contribution >= 0.6 is 23.4 Å². The average Bonchev–Trinajstić information content (AvgIpc) is 3.19. The second-order valence-corrected chi connectivity index (χ2v) is 9.18. The lowest BCUT2D eigenvalue weighted by Crippen LogP contribution is -2.14. The molecule has 0 saturated heterocycles. The number of thioether (sulfide) groups is 1. The Bertz CT molecular complexity index is 1420. The van der Waals surface area contributed by atoms with Crippen molar-refractivity contribution in [2.24, 2.45) is 4.99 Å². The first-order valence-electron chi connectivity index (χ1n) is 11.2. The van der Waals surface area contributed by atoms with Crippen LogP contribution in [0.15, 0.2) is 94.0 Å². The Labute approximate surface area is 222 Å². The molecule has 0 aliphatic carbocycles. The highest BCUT2D eigenvalue weighted by Crippen LogP contribution is 2.39. The Kier molecular flexibility index (Phi) is 8.43. The van der Waals surface area contributed by atoms with Crippen LogP contribution in [0.3, 0.4) is 0 Å². The van der Waals surface area contributed by atoms with E-state index in [2.05, 4.69) is 4.99 Å². The van der Waals surface area contributed by atoms with Gasteiger partial charge >= 0.3 is 5.97 Å². The van der Waals surface area contributed by atoms with Crippen molar-refractivity contribution < 1.29 is 28.6 Å². The number of esters is 1. The number of amides is 1. The van der Waals surface area contributed by atoms with Gasteiger partial charge in [0.05, 0.1) is 22.1 Å². The molecule has 0 radical (unpaired) electrons. The molecule has 0 atom stereocenters. The van der Waals surface area contributed by atoms with Gasteiger partial charge in [-0.05, 0) is 60.5 Å². The molecule has 4 rings (SSSR count). The SMILES string of the molecule is CCOC(=O)C1=C(O)/C(=C/c2ccc(OCc3ccc(F)cc3)cc2)SC1=NC(=O)c1ccccc1Cl. The van der Waals surface area contributed by atoms with Gasteiger partial charge < -0.3 is 14.6 Å². The lowest BCUT2D eigenvalue weighted by Gasteiger charge is -2.07. The zero-order valence-corrected chi connectivity index (χ0v) is 21.2. The first-order chi connectivity index (χ1) is 17.9.